The van der Waals surface area contributed by atoms with Crippen LogP contribution in [-0.4, -0.2) is 22.1 Å². The smallest absolute Gasteiger partial charge is 0.309 e. The lowest BCUT2D eigenvalue weighted by Crippen LogP contribution is -2.56. The van der Waals surface area contributed by atoms with Gasteiger partial charge in [0.15, 0.2) is 0 Å². The van der Waals surface area contributed by atoms with Crippen LogP contribution < -0.4 is 0 Å². The number of rotatable bonds is 2. The lowest BCUT2D eigenvalue weighted by molar-refractivity contribution is -0.162. The summed E-state index contributed by atoms with van der Waals surface area (Å²) < 4.78 is 0.322. The largest absolute Gasteiger partial charge is 0.481 e. The summed E-state index contributed by atoms with van der Waals surface area (Å²) in [5, 5.41) is 9.48. The molecule has 0 heterocycles. The minimum Gasteiger partial charge on any atom is -0.481 e. The second-order valence-corrected chi connectivity index (χ2v) is 7.21. The zero-order valence-corrected chi connectivity index (χ0v) is 9.98. The molecule has 84 valence electrons. The third-order valence-electron chi connectivity index (χ3n) is 4.89. The molecule has 0 aromatic carbocycles. The molecule has 4 fully saturated rings. The maximum Gasteiger partial charge on any atom is 0.309 e. The maximum absolute atomic E-state index is 11.5. The Labute approximate surface area is 94.8 Å². The number of hydrogen-bond donors (Lipinski definition) is 1. The van der Waals surface area contributed by atoms with Gasteiger partial charge >= 0.3 is 5.97 Å². The first-order chi connectivity index (χ1) is 7.07. The van der Waals surface area contributed by atoms with E-state index in [0.717, 1.165) is 19.3 Å². The van der Waals surface area contributed by atoms with Gasteiger partial charge in [-0.25, -0.2) is 0 Å². The predicted octanol–water partition coefficient (Wildman–Crippen LogP) is 2.77. The summed E-state index contributed by atoms with van der Waals surface area (Å²) in [7, 11) is 0. The molecule has 15 heavy (non-hydrogen) atoms. The molecular formula is C12H18O2S. The van der Waals surface area contributed by atoms with E-state index in [1.54, 1.807) is 0 Å². The van der Waals surface area contributed by atoms with Gasteiger partial charge in [-0.2, -0.15) is 11.8 Å². The van der Waals surface area contributed by atoms with Crippen LogP contribution in [0.1, 0.15) is 38.5 Å². The highest BCUT2D eigenvalue weighted by molar-refractivity contribution is 8.00. The van der Waals surface area contributed by atoms with Crippen LogP contribution in [-0.2, 0) is 4.79 Å². The topological polar surface area (TPSA) is 37.3 Å². The average molecular weight is 226 g/mol. The van der Waals surface area contributed by atoms with Crippen molar-refractivity contribution in [3.8, 4) is 0 Å². The SMILES string of the molecule is CSC12C[C@H]3C[C@@H](C1)CC(C(=O)O)(C3)C2. The van der Waals surface area contributed by atoms with Crippen LogP contribution in [0.15, 0.2) is 0 Å². The van der Waals surface area contributed by atoms with E-state index in [0.29, 0.717) is 16.6 Å². The second kappa shape index (κ2) is 2.93. The number of carbonyl (C=O) groups is 1. The molecule has 2 nitrogen and oxygen atoms in total. The van der Waals surface area contributed by atoms with E-state index in [9.17, 15) is 9.90 Å². The van der Waals surface area contributed by atoms with Crippen molar-refractivity contribution in [3.05, 3.63) is 0 Å². The normalized spacial score (nSPS) is 52.1. The van der Waals surface area contributed by atoms with E-state index >= 15 is 0 Å². The number of carboxylic acids is 1. The number of thioether (sulfide) groups is 1. The zero-order valence-electron chi connectivity index (χ0n) is 9.16. The zero-order chi connectivity index (χ0) is 10.7. The molecule has 0 aromatic heterocycles. The molecule has 4 bridgehead atoms. The van der Waals surface area contributed by atoms with Crippen molar-refractivity contribution >= 4 is 17.7 Å². The molecule has 0 aromatic rings. The van der Waals surface area contributed by atoms with Gasteiger partial charge in [0.1, 0.15) is 0 Å². The van der Waals surface area contributed by atoms with E-state index in [1.165, 1.54) is 19.3 Å². The van der Waals surface area contributed by atoms with Gasteiger partial charge in [0.2, 0.25) is 0 Å². The molecule has 4 atom stereocenters. The highest BCUT2D eigenvalue weighted by Crippen LogP contribution is 2.65. The summed E-state index contributed by atoms with van der Waals surface area (Å²) in [6.45, 7) is 0. The third kappa shape index (κ3) is 1.28. The van der Waals surface area contributed by atoms with Crippen molar-refractivity contribution in [1.29, 1.82) is 0 Å². The first-order valence-electron chi connectivity index (χ1n) is 5.86. The van der Waals surface area contributed by atoms with Crippen LogP contribution in [0.2, 0.25) is 0 Å². The quantitative estimate of drug-likeness (QED) is 0.786. The molecule has 4 aliphatic carbocycles. The van der Waals surface area contributed by atoms with Gasteiger partial charge in [-0.05, 0) is 56.6 Å². The Morgan fingerprint density at radius 2 is 1.87 bits per heavy atom. The third-order valence-corrected chi connectivity index (χ3v) is 6.24. The summed E-state index contributed by atoms with van der Waals surface area (Å²) in [5.74, 6) is 0.889. The summed E-state index contributed by atoms with van der Waals surface area (Å²) in [5.41, 5.74) is -0.340. The average Bonchev–Trinajstić information content (AvgIpc) is 2.15. The molecule has 0 amide bonds. The fraction of sp³-hybridized carbons (Fsp3) is 0.917. The molecule has 4 rings (SSSR count). The maximum atomic E-state index is 11.5. The second-order valence-electron chi connectivity index (χ2n) is 5.93. The molecule has 1 N–H and O–H groups in total. The molecule has 3 heteroatoms. The minimum absolute atomic E-state index is 0.322. The number of carboxylic acid groups (broad SMARTS) is 1. The fourth-order valence-electron chi connectivity index (χ4n) is 4.67. The Morgan fingerprint density at radius 3 is 2.33 bits per heavy atom. The molecule has 0 spiro atoms. The Morgan fingerprint density at radius 1 is 1.27 bits per heavy atom. The van der Waals surface area contributed by atoms with Crippen molar-refractivity contribution in [2.24, 2.45) is 17.3 Å². The van der Waals surface area contributed by atoms with Crippen LogP contribution in [0.3, 0.4) is 0 Å². The van der Waals surface area contributed by atoms with Gasteiger partial charge in [-0.3, -0.25) is 4.79 Å². The van der Waals surface area contributed by atoms with Crippen molar-refractivity contribution in [3.63, 3.8) is 0 Å². The van der Waals surface area contributed by atoms with Crippen LogP contribution in [0.25, 0.3) is 0 Å². The Balaban J connectivity index is 1.99. The van der Waals surface area contributed by atoms with Gasteiger partial charge in [0, 0.05) is 4.75 Å². The van der Waals surface area contributed by atoms with Gasteiger partial charge in [0.05, 0.1) is 5.41 Å². The van der Waals surface area contributed by atoms with Crippen molar-refractivity contribution in [2.45, 2.75) is 43.3 Å². The van der Waals surface area contributed by atoms with Crippen molar-refractivity contribution in [2.75, 3.05) is 6.26 Å². The standard InChI is InChI=1S/C12H18O2S/c1-15-12-5-8-2-9(6-12)4-11(3-8,7-12)10(13)14/h8-9H,2-7H2,1H3,(H,13,14)/t8-,9+,11?,12?. The van der Waals surface area contributed by atoms with E-state index in [-0.39, 0.29) is 5.41 Å². The number of aliphatic carboxylic acids is 1. The van der Waals surface area contributed by atoms with E-state index in [4.69, 9.17) is 0 Å². The lowest BCUT2D eigenvalue weighted by atomic mass is 9.49. The fourth-order valence-corrected chi connectivity index (χ4v) is 5.89. The van der Waals surface area contributed by atoms with Crippen LogP contribution in [0.4, 0.5) is 0 Å². The lowest BCUT2D eigenvalue weighted by Gasteiger charge is -2.60. The molecule has 0 saturated heterocycles. The highest BCUT2D eigenvalue weighted by Gasteiger charge is 2.60. The van der Waals surface area contributed by atoms with Gasteiger partial charge in [-0.1, -0.05) is 0 Å². The highest BCUT2D eigenvalue weighted by atomic mass is 32.2. The van der Waals surface area contributed by atoms with Gasteiger partial charge in [0.25, 0.3) is 0 Å². The molecule has 4 saturated carbocycles. The predicted molar refractivity (Wildman–Crippen MR) is 61.0 cm³/mol. The Hall–Kier alpha value is -0.180. The van der Waals surface area contributed by atoms with E-state index in [2.05, 4.69) is 6.26 Å². The van der Waals surface area contributed by atoms with Crippen molar-refractivity contribution < 1.29 is 9.90 Å². The monoisotopic (exact) mass is 226 g/mol. The van der Waals surface area contributed by atoms with Crippen LogP contribution in [0.5, 0.6) is 0 Å². The van der Waals surface area contributed by atoms with Crippen LogP contribution in [0, 0.1) is 17.3 Å². The molecule has 0 aliphatic heterocycles. The van der Waals surface area contributed by atoms with Gasteiger partial charge < -0.3 is 5.11 Å². The van der Waals surface area contributed by atoms with Crippen molar-refractivity contribution in [1.82, 2.24) is 0 Å². The summed E-state index contributed by atoms with van der Waals surface area (Å²) in [4.78, 5) is 11.5. The minimum atomic E-state index is -0.518. The summed E-state index contributed by atoms with van der Waals surface area (Å²) in [6, 6.07) is 0. The Kier molecular flexibility index (Phi) is 1.96. The van der Waals surface area contributed by atoms with Crippen LogP contribution >= 0.6 is 11.8 Å². The van der Waals surface area contributed by atoms with E-state index < -0.39 is 5.97 Å². The Bertz CT molecular complexity index is 299. The van der Waals surface area contributed by atoms with Gasteiger partial charge in [-0.15, -0.1) is 0 Å². The van der Waals surface area contributed by atoms with E-state index in [1.807, 2.05) is 11.8 Å². The first kappa shape index (κ1) is 10.0. The number of hydrogen-bond acceptors (Lipinski definition) is 2. The molecule has 2 unspecified atom stereocenters. The molecule has 0 radical (unpaired) electrons. The first-order valence-corrected chi connectivity index (χ1v) is 7.09. The summed E-state index contributed by atoms with van der Waals surface area (Å²) >= 11 is 1.93. The summed E-state index contributed by atoms with van der Waals surface area (Å²) in [6.07, 6.45) is 8.88. The molecular weight excluding hydrogens is 208 g/mol. The molecule has 4 aliphatic rings.